The Balaban J connectivity index is 1.52. The van der Waals surface area contributed by atoms with Gasteiger partial charge in [-0.15, -0.1) is 0 Å². The van der Waals surface area contributed by atoms with E-state index in [-0.39, 0.29) is 17.2 Å². The van der Waals surface area contributed by atoms with Crippen molar-refractivity contribution in [2.24, 2.45) is 5.41 Å². The molecule has 2 aromatic rings. The lowest BCUT2D eigenvalue weighted by Crippen LogP contribution is -2.44. The Morgan fingerprint density at radius 1 is 1.21 bits per heavy atom. The first-order valence-corrected chi connectivity index (χ1v) is 8.55. The average molecular weight is 344 g/mol. The van der Waals surface area contributed by atoms with E-state index >= 15 is 0 Å². The monoisotopic (exact) mass is 343 g/mol. The molecule has 6 heteroatoms. The second-order valence-corrected chi connectivity index (χ2v) is 7.16. The molecule has 2 saturated heterocycles. The molecule has 0 atom stereocenters. The molecular formula is C18H18ClN3O2. The zero-order valence-corrected chi connectivity index (χ0v) is 14.0. The van der Waals surface area contributed by atoms with Gasteiger partial charge in [0.1, 0.15) is 5.69 Å². The van der Waals surface area contributed by atoms with Crippen molar-refractivity contribution in [2.45, 2.75) is 19.3 Å². The van der Waals surface area contributed by atoms with E-state index in [0.29, 0.717) is 35.7 Å². The summed E-state index contributed by atoms with van der Waals surface area (Å²) in [7, 11) is 0. The van der Waals surface area contributed by atoms with Crippen LogP contribution >= 0.6 is 11.6 Å². The second-order valence-electron chi connectivity index (χ2n) is 6.75. The summed E-state index contributed by atoms with van der Waals surface area (Å²) in [5, 5.41) is 4.39. The third-order valence-corrected chi connectivity index (χ3v) is 5.50. The highest BCUT2D eigenvalue weighted by Crippen LogP contribution is 2.37. The number of carbonyl (C=O) groups is 2. The summed E-state index contributed by atoms with van der Waals surface area (Å²) in [5.74, 6) is 0.0598. The van der Waals surface area contributed by atoms with Crippen molar-refractivity contribution in [1.82, 2.24) is 15.2 Å². The number of nitrogens with one attached hydrogen (secondary N) is 1. The number of piperidine rings is 1. The van der Waals surface area contributed by atoms with Crippen molar-refractivity contribution in [1.29, 1.82) is 0 Å². The van der Waals surface area contributed by atoms with Crippen LogP contribution in [0.15, 0.2) is 30.3 Å². The number of pyridine rings is 1. The number of halogens is 1. The van der Waals surface area contributed by atoms with E-state index in [1.807, 2.05) is 23.1 Å². The van der Waals surface area contributed by atoms with Crippen molar-refractivity contribution in [3.05, 3.63) is 41.0 Å². The molecule has 2 aliphatic rings. The Kier molecular flexibility index (Phi) is 3.68. The summed E-state index contributed by atoms with van der Waals surface area (Å²) in [6.07, 6.45) is 2.29. The van der Waals surface area contributed by atoms with Gasteiger partial charge in [-0.1, -0.05) is 29.8 Å². The number of aromatic nitrogens is 1. The maximum atomic E-state index is 12.8. The van der Waals surface area contributed by atoms with Crippen molar-refractivity contribution in [2.75, 3.05) is 19.6 Å². The number of amides is 2. The van der Waals surface area contributed by atoms with Crippen LogP contribution in [0.4, 0.5) is 0 Å². The van der Waals surface area contributed by atoms with Gasteiger partial charge < -0.3 is 10.2 Å². The van der Waals surface area contributed by atoms with Gasteiger partial charge in [0.2, 0.25) is 5.91 Å². The Bertz CT molecular complexity index is 828. The van der Waals surface area contributed by atoms with E-state index in [4.69, 9.17) is 11.6 Å². The second kappa shape index (κ2) is 5.74. The minimum Gasteiger partial charge on any atom is -0.356 e. The molecule has 5 nitrogen and oxygen atoms in total. The third-order valence-electron chi connectivity index (χ3n) is 5.20. The van der Waals surface area contributed by atoms with Crippen LogP contribution in [0, 0.1) is 5.41 Å². The number of rotatable bonds is 1. The molecule has 1 spiro atoms. The Labute approximate surface area is 145 Å². The molecule has 1 N–H and O–H groups in total. The fourth-order valence-electron chi connectivity index (χ4n) is 3.68. The Morgan fingerprint density at radius 2 is 2.00 bits per heavy atom. The number of fused-ring (bicyclic) bond motifs is 1. The molecule has 0 saturated carbocycles. The van der Waals surface area contributed by atoms with Gasteiger partial charge in [0, 0.05) is 31.4 Å². The van der Waals surface area contributed by atoms with Crippen LogP contribution in [0.2, 0.25) is 5.02 Å². The normalized spacial score (nSPS) is 19.7. The number of nitrogens with zero attached hydrogens (tertiary/aromatic N) is 2. The van der Waals surface area contributed by atoms with Crippen molar-refractivity contribution in [3.63, 3.8) is 0 Å². The van der Waals surface area contributed by atoms with Crippen LogP contribution < -0.4 is 5.32 Å². The largest absolute Gasteiger partial charge is 0.356 e. The predicted molar refractivity (Wildman–Crippen MR) is 92.0 cm³/mol. The van der Waals surface area contributed by atoms with E-state index in [9.17, 15) is 9.59 Å². The molecule has 24 heavy (non-hydrogen) atoms. The number of hydrogen-bond acceptors (Lipinski definition) is 3. The van der Waals surface area contributed by atoms with Crippen molar-refractivity contribution in [3.8, 4) is 0 Å². The lowest BCUT2D eigenvalue weighted by atomic mass is 9.77. The summed E-state index contributed by atoms with van der Waals surface area (Å²) in [6.45, 7) is 2.06. The summed E-state index contributed by atoms with van der Waals surface area (Å²) in [5.41, 5.74) is 1.12. The van der Waals surface area contributed by atoms with E-state index in [2.05, 4.69) is 10.3 Å². The number of hydrogen-bond donors (Lipinski definition) is 1. The molecule has 2 aliphatic heterocycles. The van der Waals surface area contributed by atoms with E-state index in [1.54, 1.807) is 12.1 Å². The highest BCUT2D eigenvalue weighted by molar-refractivity contribution is 6.35. The van der Waals surface area contributed by atoms with Crippen LogP contribution in [-0.4, -0.2) is 41.3 Å². The molecule has 0 bridgehead atoms. The third kappa shape index (κ3) is 2.63. The van der Waals surface area contributed by atoms with E-state index in [1.165, 1.54) is 0 Å². The van der Waals surface area contributed by atoms with Gasteiger partial charge in [0.15, 0.2) is 0 Å². The molecule has 0 radical (unpaired) electrons. The maximum Gasteiger partial charge on any atom is 0.272 e. The smallest absolute Gasteiger partial charge is 0.272 e. The quantitative estimate of drug-likeness (QED) is 0.865. The first-order chi connectivity index (χ1) is 11.6. The summed E-state index contributed by atoms with van der Waals surface area (Å²) in [4.78, 5) is 30.5. The van der Waals surface area contributed by atoms with Crippen LogP contribution in [0.5, 0.6) is 0 Å². The van der Waals surface area contributed by atoms with Gasteiger partial charge >= 0.3 is 0 Å². The number of carbonyl (C=O) groups excluding carboxylic acids is 2. The van der Waals surface area contributed by atoms with Gasteiger partial charge in [0.05, 0.1) is 10.5 Å². The van der Waals surface area contributed by atoms with Gasteiger partial charge in [0.25, 0.3) is 5.91 Å². The molecule has 1 aromatic heterocycles. The van der Waals surface area contributed by atoms with Gasteiger partial charge in [-0.2, -0.15) is 0 Å². The molecule has 2 amide bonds. The minimum absolute atomic E-state index is 0.0357. The maximum absolute atomic E-state index is 12.8. The number of benzene rings is 1. The topological polar surface area (TPSA) is 62.3 Å². The Morgan fingerprint density at radius 3 is 2.71 bits per heavy atom. The lowest BCUT2D eigenvalue weighted by Gasteiger charge is -2.38. The number of para-hydroxylation sites is 1. The fourth-order valence-corrected chi connectivity index (χ4v) is 3.91. The summed E-state index contributed by atoms with van der Waals surface area (Å²) < 4.78 is 0. The SMILES string of the molecule is O=C1CC2(CCN(C(=O)c3ccc4cccc(Cl)c4n3)CC2)CN1. The Hall–Kier alpha value is -2.14. The van der Waals surface area contributed by atoms with Gasteiger partial charge in [-0.25, -0.2) is 4.98 Å². The van der Waals surface area contributed by atoms with E-state index < -0.39 is 0 Å². The van der Waals surface area contributed by atoms with Crippen LogP contribution in [0.1, 0.15) is 29.8 Å². The molecule has 2 fully saturated rings. The van der Waals surface area contributed by atoms with Gasteiger partial charge in [-0.05, 0) is 30.4 Å². The van der Waals surface area contributed by atoms with E-state index in [0.717, 1.165) is 24.8 Å². The highest BCUT2D eigenvalue weighted by Gasteiger charge is 2.41. The van der Waals surface area contributed by atoms with Crippen LogP contribution in [0.3, 0.4) is 0 Å². The molecular weight excluding hydrogens is 326 g/mol. The minimum atomic E-state index is -0.0658. The highest BCUT2D eigenvalue weighted by atomic mass is 35.5. The summed E-state index contributed by atoms with van der Waals surface area (Å²) in [6, 6.07) is 9.21. The zero-order chi connectivity index (χ0) is 16.7. The summed E-state index contributed by atoms with van der Waals surface area (Å²) >= 11 is 6.19. The zero-order valence-electron chi connectivity index (χ0n) is 13.2. The lowest BCUT2D eigenvalue weighted by molar-refractivity contribution is -0.119. The fraction of sp³-hybridized carbons (Fsp3) is 0.389. The number of likely N-dealkylation sites (tertiary alicyclic amines) is 1. The van der Waals surface area contributed by atoms with Crippen LogP contribution in [0.25, 0.3) is 10.9 Å². The predicted octanol–water partition coefficient (Wildman–Crippen LogP) is 2.63. The molecule has 0 aliphatic carbocycles. The van der Waals surface area contributed by atoms with Gasteiger partial charge in [-0.3, -0.25) is 9.59 Å². The van der Waals surface area contributed by atoms with Crippen molar-refractivity contribution >= 4 is 34.3 Å². The molecule has 0 unspecified atom stereocenters. The molecule has 3 heterocycles. The average Bonchev–Trinajstić information content (AvgIpc) is 2.95. The molecule has 124 valence electrons. The van der Waals surface area contributed by atoms with Crippen LogP contribution in [-0.2, 0) is 4.79 Å². The first-order valence-electron chi connectivity index (χ1n) is 8.18. The standard InChI is InChI=1S/C18H18ClN3O2/c19-13-3-1-2-12-4-5-14(21-16(12)13)17(24)22-8-6-18(7-9-22)10-15(23)20-11-18/h1-5H,6-11H2,(H,20,23). The van der Waals surface area contributed by atoms with Crippen molar-refractivity contribution < 1.29 is 9.59 Å². The molecule has 1 aromatic carbocycles. The molecule has 4 rings (SSSR count). The first kappa shape index (κ1) is 15.4.